The Balaban J connectivity index is 1.32. The highest BCUT2D eigenvalue weighted by molar-refractivity contribution is 7.99. The standard InChI is InChI=1S/C25H29ClN2O2S/c1-18(25(30)21-8-10-23-20(17-21)6-4-16-31-23)27-12-14-28(15-13-27)24(29)11-9-19-5-2-3-7-22(19)26/h2-3,5,7-11,17-18,25,30H,4,6,12-16H2,1H3/b11-9+. The molecule has 164 valence electrons. The Morgan fingerprint density at radius 1 is 1.16 bits per heavy atom. The van der Waals surface area contributed by atoms with E-state index >= 15 is 0 Å². The highest BCUT2D eigenvalue weighted by Crippen LogP contribution is 2.33. The number of nitrogens with zero attached hydrogens (tertiary/aromatic N) is 2. The SMILES string of the molecule is CC(C(O)c1ccc2c(c1)CCCS2)N1CCN(C(=O)/C=C/c2ccccc2Cl)CC1. The molecule has 0 radical (unpaired) electrons. The quantitative estimate of drug-likeness (QED) is 0.664. The van der Waals surface area contributed by atoms with E-state index < -0.39 is 6.10 Å². The number of hydrogen-bond acceptors (Lipinski definition) is 4. The van der Waals surface area contributed by atoms with E-state index in [1.807, 2.05) is 40.9 Å². The van der Waals surface area contributed by atoms with Gasteiger partial charge in [0.2, 0.25) is 5.91 Å². The zero-order valence-corrected chi connectivity index (χ0v) is 19.4. The Labute approximate surface area is 193 Å². The molecule has 1 fully saturated rings. The maximum Gasteiger partial charge on any atom is 0.246 e. The van der Waals surface area contributed by atoms with Crippen LogP contribution in [-0.4, -0.2) is 58.8 Å². The molecule has 0 spiro atoms. The van der Waals surface area contributed by atoms with Crippen LogP contribution in [0.15, 0.2) is 53.4 Å². The first-order valence-electron chi connectivity index (χ1n) is 10.9. The van der Waals surface area contributed by atoms with Crippen molar-refractivity contribution in [3.63, 3.8) is 0 Å². The number of carbonyl (C=O) groups is 1. The molecule has 6 heteroatoms. The Morgan fingerprint density at radius 2 is 1.94 bits per heavy atom. The molecule has 0 aromatic heterocycles. The fraction of sp³-hybridized carbons (Fsp3) is 0.400. The largest absolute Gasteiger partial charge is 0.387 e. The van der Waals surface area contributed by atoms with Crippen LogP contribution in [0.25, 0.3) is 6.08 Å². The van der Waals surface area contributed by atoms with Crippen molar-refractivity contribution in [2.24, 2.45) is 0 Å². The molecule has 4 rings (SSSR count). The topological polar surface area (TPSA) is 43.8 Å². The van der Waals surface area contributed by atoms with Crippen molar-refractivity contribution < 1.29 is 9.90 Å². The molecule has 2 aromatic carbocycles. The summed E-state index contributed by atoms with van der Waals surface area (Å²) in [6.07, 6.45) is 5.14. The van der Waals surface area contributed by atoms with Gasteiger partial charge in [0.15, 0.2) is 0 Å². The maximum absolute atomic E-state index is 12.6. The molecule has 2 atom stereocenters. The van der Waals surface area contributed by atoms with E-state index in [9.17, 15) is 9.90 Å². The molecule has 0 aliphatic carbocycles. The molecular weight excluding hydrogens is 428 g/mol. The average Bonchev–Trinajstić information content (AvgIpc) is 2.82. The van der Waals surface area contributed by atoms with Crippen LogP contribution in [0.2, 0.25) is 5.02 Å². The summed E-state index contributed by atoms with van der Waals surface area (Å²) in [6.45, 7) is 4.90. The first kappa shape index (κ1) is 22.4. The third-order valence-corrected chi connectivity index (χ3v) is 7.79. The smallest absolute Gasteiger partial charge is 0.246 e. The van der Waals surface area contributed by atoms with Crippen molar-refractivity contribution in [1.29, 1.82) is 0 Å². The number of rotatable bonds is 5. The fourth-order valence-electron chi connectivity index (χ4n) is 4.27. The van der Waals surface area contributed by atoms with Gasteiger partial charge in [-0.2, -0.15) is 0 Å². The molecule has 1 N–H and O–H groups in total. The number of fused-ring (bicyclic) bond motifs is 1. The molecule has 2 aliphatic rings. The van der Waals surface area contributed by atoms with E-state index in [1.54, 1.807) is 12.2 Å². The molecule has 1 saturated heterocycles. The van der Waals surface area contributed by atoms with Crippen LogP contribution in [0.3, 0.4) is 0 Å². The second-order valence-corrected chi connectivity index (χ2v) is 9.76. The number of carbonyl (C=O) groups excluding carboxylic acids is 1. The van der Waals surface area contributed by atoms with Crippen LogP contribution >= 0.6 is 23.4 Å². The normalized spacial score (nSPS) is 19.3. The molecule has 2 aliphatic heterocycles. The van der Waals surface area contributed by atoms with E-state index in [-0.39, 0.29) is 11.9 Å². The monoisotopic (exact) mass is 456 g/mol. The lowest BCUT2D eigenvalue weighted by Gasteiger charge is -2.39. The van der Waals surface area contributed by atoms with Crippen LogP contribution < -0.4 is 0 Å². The summed E-state index contributed by atoms with van der Waals surface area (Å²) in [6, 6.07) is 13.9. The predicted molar refractivity (Wildman–Crippen MR) is 129 cm³/mol. The highest BCUT2D eigenvalue weighted by atomic mass is 35.5. The molecule has 2 aromatic rings. The van der Waals surface area contributed by atoms with E-state index in [0.29, 0.717) is 18.1 Å². The van der Waals surface area contributed by atoms with Gasteiger partial charge in [0.25, 0.3) is 0 Å². The summed E-state index contributed by atoms with van der Waals surface area (Å²) in [7, 11) is 0. The number of piperazine rings is 1. The summed E-state index contributed by atoms with van der Waals surface area (Å²) in [5, 5.41) is 11.6. The van der Waals surface area contributed by atoms with Crippen LogP contribution in [0.5, 0.6) is 0 Å². The minimum Gasteiger partial charge on any atom is -0.387 e. The Hall–Kier alpha value is -1.79. The summed E-state index contributed by atoms with van der Waals surface area (Å²) < 4.78 is 0. The third kappa shape index (κ3) is 5.35. The summed E-state index contributed by atoms with van der Waals surface area (Å²) in [5.41, 5.74) is 3.20. The summed E-state index contributed by atoms with van der Waals surface area (Å²) in [5.74, 6) is 1.18. The third-order valence-electron chi connectivity index (χ3n) is 6.24. The second kappa shape index (κ2) is 10.2. The number of halogens is 1. The van der Waals surface area contributed by atoms with Gasteiger partial charge in [0.05, 0.1) is 6.10 Å². The van der Waals surface area contributed by atoms with Crippen molar-refractivity contribution in [2.45, 2.75) is 36.8 Å². The van der Waals surface area contributed by atoms with E-state index in [1.165, 1.54) is 22.6 Å². The average molecular weight is 457 g/mol. The van der Waals surface area contributed by atoms with Gasteiger partial charge in [0, 0.05) is 48.2 Å². The molecule has 0 saturated carbocycles. The summed E-state index contributed by atoms with van der Waals surface area (Å²) in [4.78, 5) is 18.1. The molecule has 31 heavy (non-hydrogen) atoms. The molecule has 0 bridgehead atoms. The van der Waals surface area contributed by atoms with Gasteiger partial charge in [-0.15, -0.1) is 11.8 Å². The van der Waals surface area contributed by atoms with Gasteiger partial charge in [-0.3, -0.25) is 9.69 Å². The van der Waals surface area contributed by atoms with E-state index in [4.69, 9.17) is 11.6 Å². The number of aliphatic hydroxyl groups is 1. The zero-order valence-electron chi connectivity index (χ0n) is 17.8. The van der Waals surface area contributed by atoms with Crippen molar-refractivity contribution in [2.75, 3.05) is 31.9 Å². The number of aryl methyl sites for hydroxylation is 1. The lowest BCUT2D eigenvalue weighted by molar-refractivity contribution is -0.128. The van der Waals surface area contributed by atoms with Gasteiger partial charge < -0.3 is 10.0 Å². The fourth-order valence-corrected chi connectivity index (χ4v) is 5.49. The zero-order chi connectivity index (χ0) is 21.8. The Bertz CT molecular complexity index is 956. The van der Waals surface area contributed by atoms with Crippen molar-refractivity contribution in [1.82, 2.24) is 9.80 Å². The van der Waals surface area contributed by atoms with Crippen molar-refractivity contribution in [3.05, 3.63) is 70.3 Å². The van der Waals surface area contributed by atoms with E-state index in [2.05, 4.69) is 30.0 Å². The minimum atomic E-state index is -0.528. The molecule has 2 unspecified atom stereocenters. The van der Waals surface area contributed by atoms with Gasteiger partial charge in [-0.1, -0.05) is 41.9 Å². The number of amides is 1. The minimum absolute atomic E-state index is 0.0000384. The van der Waals surface area contributed by atoms with Gasteiger partial charge in [0.1, 0.15) is 0 Å². The second-order valence-electron chi connectivity index (χ2n) is 8.22. The van der Waals surface area contributed by atoms with Crippen LogP contribution in [-0.2, 0) is 11.2 Å². The number of thioether (sulfide) groups is 1. The van der Waals surface area contributed by atoms with Crippen LogP contribution in [0, 0.1) is 0 Å². The summed E-state index contributed by atoms with van der Waals surface area (Å²) >= 11 is 8.07. The Kier molecular flexibility index (Phi) is 7.39. The lowest BCUT2D eigenvalue weighted by atomic mass is 9.98. The van der Waals surface area contributed by atoms with Gasteiger partial charge in [-0.25, -0.2) is 0 Å². The molecule has 2 heterocycles. The van der Waals surface area contributed by atoms with Gasteiger partial charge >= 0.3 is 0 Å². The van der Waals surface area contributed by atoms with Gasteiger partial charge in [-0.05, 0) is 60.4 Å². The van der Waals surface area contributed by atoms with Crippen LogP contribution in [0.4, 0.5) is 0 Å². The highest BCUT2D eigenvalue weighted by Gasteiger charge is 2.28. The predicted octanol–water partition coefficient (Wildman–Crippen LogP) is 4.66. The Morgan fingerprint density at radius 3 is 2.71 bits per heavy atom. The molecular formula is C25H29ClN2O2S. The number of aliphatic hydroxyl groups excluding tert-OH is 1. The first-order valence-corrected chi connectivity index (χ1v) is 12.3. The van der Waals surface area contributed by atoms with Crippen molar-refractivity contribution in [3.8, 4) is 0 Å². The lowest BCUT2D eigenvalue weighted by Crippen LogP contribution is -2.52. The van der Waals surface area contributed by atoms with Crippen LogP contribution in [0.1, 0.15) is 36.1 Å². The van der Waals surface area contributed by atoms with Crippen molar-refractivity contribution >= 4 is 35.3 Å². The van der Waals surface area contributed by atoms with E-state index in [0.717, 1.165) is 30.6 Å². The number of benzene rings is 2. The first-order chi connectivity index (χ1) is 15.0. The molecule has 4 nitrogen and oxygen atoms in total. The maximum atomic E-state index is 12.6. The number of hydrogen-bond donors (Lipinski definition) is 1. The molecule has 1 amide bonds.